The van der Waals surface area contributed by atoms with Gasteiger partial charge in [0.2, 0.25) is 5.91 Å². The summed E-state index contributed by atoms with van der Waals surface area (Å²) < 4.78 is 23.1. The van der Waals surface area contributed by atoms with Crippen molar-refractivity contribution in [2.24, 2.45) is 5.92 Å². The Hall–Kier alpha value is -4.04. The SMILES string of the molecule is COc1ccc(CNC(=O)C2C[C@]34CCN(Cc5ccccc5)[C@H](Cc5ccc(OC)cc53)[C@]4(OC(C)=O)C2)c(OC)c1. The highest BCUT2D eigenvalue weighted by atomic mass is 16.6. The standard InChI is InChI=1S/C35H40N2O6/c1-23(38)43-35-20-27(33(39)36-21-26-11-13-29(41-3)18-31(26)42-4)19-34(35)14-15-37(22-24-8-6-5-7-9-24)32(35)16-25-10-12-28(40-2)17-30(25)34/h5-13,17-18,27,32H,14-16,19-22H2,1-4H3,(H,36,39)/t27?,32-,34-,35-/m1/s1. The van der Waals surface area contributed by atoms with Crippen LogP contribution >= 0.6 is 0 Å². The molecule has 2 aliphatic carbocycles. The second-order valence-electron chi connectivity index (χ2n) is 12.0. The molecule has 0 aromatic heterocycles. The van der Waals surface area contributed by atoms with Gasteiger partial charge in [0.15, 0.2) is 0 Å². The number of rotatable bonds is 9. The summed E-state index contributed by atoms with van der Waals surface area (Å²) in [6.07, 6.45) is 2.57. The molecule has 3 aromatic rings. The lowest BCUT2D eigenvalue weighted by Crippen LogP contribution is -2.70. The fourth-order valence-corrected chi connectivity index (χ4v) is 8.04. The Kier molecular flexibility index (Phi) is 7.81. The number of ether oxygens (including phenoxy) is 4. The zero-order valence-electron chi connectivity index (χ0n) is 25.4. The first-order valence-electron chi connectivity index (χ1n) is 15.0. The highest BCUT2D eigenvalue weighted by molar-refractivity contribution is 5.80. The average Bonchev–Trinajstić information content (AvgIpc) is 3.38. The molecule has 4 atom stereocenters. The Morgan fingerprint density at radius 2 is 1.67 bits per heavy atom. The molecule has 1 heterocycles. The summed E-state index contributed by atoms with van der Waals surface area (Å²) >= 11 is 0. The number of nitrogens with zero attached hydrogens (tertiary/aromatic N) is 1. The molecule has 1 aliphatic heterocycles. The van der Waals surface area contributed by atoms with E-state index in [1.54, 1.807) is 21.3 Å². The molecular weight excluding hydrogens is 544 g/mol. The molecule has 1 saturated carbocycles. The lowest BCUT2D eigenvalue weighted by Gasteiger charge is -2.60. The number of benzene rings is 3. The van der Waals surface area contributed by atoms with Crippen LogP contribution in [0.1, 0.15) is 48.4 Å². The zero-order valence-corrected chi connectivity index (χ0v) is 25.4. The van der Waals surface area contributed by atoms with Crippen LogP contribution in [-0.2, 0) is 39.3 Å². The number of fused-ring (bicyclic) bond motifs is 1. The molecule has 3 aliphatic rings. The molecule has 0 radical (unpaired) electrons. The van der Waals surface area contributed by atoms with Gasteiger partial charge in [-0.15, -0.1) is 0 Å². The van der Waals surface area contributed by atoms with Crippen molar-refractivity contribution in [1.82, 2.24) is 10.2 Å². The van der Waals surface area contributed by atoms with Crippen molar-refractivity contribution in [2.75, 3.05) is 27.9 Å². The van der Waals surface area contributed by atoms with E-state index >= 15 is 0 Å². The molecule has 1 saturated heterocycles. The number of nitrogens with one attached hydrogen (secondary N) is 1. The van der Waals surface area contributed by atoms with Gasteiger partial charge < -0.3 is 24.3 Å². The highest BCUT2D eigenvalue weighted by Gasteiger charge is 2.70. The van der Waals surface area contributed by atoms with Gasteiger partial charge in [-0.25, -0.2) is 0 Å². The van der Waals surface area contributed by atoms with Gasteiger partial charge >= 0.3 is 5.97 Å². The average molecular weight is 585 g/mol. The lowest BCUT2D eigenvalue weighted by molar-refractivity contribution is -0.189. The zero-order chi connectivity index (χ0) is 30.2. The van der Waals surface area contributed by atoms with E-state index in [9.17, 15) is 9.59 Å². The maximum absolute atomic E-state index is 14.0. The molecule has 226 valence electrons. The summed E-state index contributed by atoms with van der Waals surface area (Å²) in [5.74, 6) is 1.43. The number of hydrogen-bond donors (Lipinski definition) is 1. The number of hydrogen-bond acceptors (Lipinski definition) is 7. The molecule has 2 fully saturated rings. The van der Waals surface area contributed by atoms with Gasteiger partial charge in [-0.05, 0) is 66.8 Å². The van der Waals surface area contributed by atoms with E-state index in [2.05, 4.69) is 46.6 Å². The summed E-state index contributed by atoms with van der Waals surface area (Å²) in [5, 5.41) is 3.17. The van der Waals surface area contributed by atoms with Crippen molar-refractivity contribution >= 4 is 11.9 Å². The number of piperidine rings is 1. The van der Waals surface area contributed by atoms with E-state index < -0.39 is 11.0 Å². The topological polar surface area (TPSA) is 86.3 Å². The molecule has 1 N–H and O–H groups in total. The molecule has 1 unspecified atom stereocenters. The van der Waals surface area contributed by atoms with E-state index in [1.165, 1.54) is 18.1 Å². The van der Waals surface area contributed by atoms with E-state index in [-0.39, 0.29) is 23.8 Å². The first-order valence-corrected chi connectivity index (χ1v) is 15.0. The van der Waals surface area contributed by atoms with Gasteiger partial charge in [-0.3, -0.25) is 14.5 Å². The third-order valence-corrected chi connectivity index (χ3v) is 9.88. The van der Waals surface area contributed by atoms with Gasteiger partial charge in [0.05, 0.1) is 27.4 Å². The second-order valence-corrected chi connectivity index (χ2v) is 12.0. The van der Waals surface area contributed by atoms with Crippen LogP contribution in [0, 0.1) is 5.92 Å². The van der Waals surface area contributed by atoms with Crippen LogP contribution < -0.4 is 19.5 Å². The predicted octanol–water partition coefficient (Wildman–Crippen LogP) is 4.81. The third-order valence-electron chi connectivity index (χ3n) is 9.88. The normalized spacial score (nSPS) is 25.7. The van der Waals surface area contributed by atoms with Crippen LogP contribution in [0.4, 0.5) is 0 Å². The minimum atomic E-state index is -0.842. The fraction of sp³-hybridized carbons (Fsp3) is 0.429. The monoisotopic (exact) mass is 584 g/mol. The Morgan fingerprint density at radius 1 is 0.930 bits per heavy atom. The van der Waals surface area contributed by atoms with Crippen LogP contribution in [0.3, 0.4) is 0 Å². The van der Waals surface area contributed by atoms with Crippen LogP contribution in [0.5, 0.6) is 17.2 Å². The Labute approximate surface area is 253 Å². The van der Waals surface area contributed by atoms with Crippen LogP contribution in [0.2, 0.25) is 0 Å². The van der Waals surface area contributed by atoms with Gasteiger partial charge in [0.1, 0.15) is 22.8 Å². The highest BCUT2D eigenvalue weighted by Crippen LogP contribution is 2.63. The summed E-state index contributed by atoms with van der Waals surface area (Å²) in [7, 11) is 4.89. The number of carbonyl (C=O) groups is 2. The Morgan fingerprint density at radius 3 is 2.40 bits per heavy atom. The predicted molar refractivity (Wildman–Crippen MR) is 162 cm³/mol. The molecule has 1 amide bonds. The maximum Gasteiger partial charge on any atom is 0.303 e. The van der Waals surface area contributed by atoms with Gasteiger partial charge in [0, 0.05) is 49.4 Å². The summed E-state index contributed by atoms with van der Waals surface area (Å²) in [5.41, 5.74) is 3.12. The van der Waals surface area contributed by atoms with Crippen molar-refractivity contribution < 1.29 is 28.5 Å². The lowest BCUT2D eigenvalue weighted by atomic mass is 9.56. The second kappa shape index (κ2) is 11.6. The molecular formula is C35H40N2O6. The van der Waals surface area contributed by atoms with E-state index in [0.29, 0.717) is 30.9 Å². The quantitative estimate of drug-likeness (QED) is 0.362. The molecule has 2 bridgehead atoms. The smallest absolute Gasteiger partial charge is 0.303 e. The minimum absolute atomic E-state index is 0.0436. The third kappa shape index (κ3) is 5.01. The first kappa shape index (κ1) is 29.1. The molecule has 0 spiro atoms. The van der Waals surface area contributed by atoms with E-state index in [4.69, 9.17) is 18.9 Å². The van der Waals surface area contributed by atoms with Gasteiger partial charge in [-0.2, -0.15) is 0 Å². The fourth-order valence-electron chi connectivity index (χ4n) is 8.04. The number of carbonyl (C=O) groups excluding carboxylic acids is 2. The minimum Gasteiger partial charge on any atom is -0.497 e. The number of esters is 1. The van der Waals surface area contributed by atoms with E-state index in [1.807, 2.05) is 30.3 Å². The summed E-state index contributed by atoms with van der Waals surface area (Å²) in [6, 6.07) is 22.2. The van der Waals surface area contributed by atoms with Crippen LogP contribution in [0.25, 0.3) is 0 Å². The molecule has 43 heavy (non-hydrogen) atoms. The number of likely N-dealkylation sites (tertiary alicyclic amines) is 1. The van der Waals surface area contributed by atoms with Crippen molar-refractivity contribution in [1.29, 1.82) is 0 Å². The van der Waals surface area contributed by atoms with Crippen molar-refractivity contribution in [2.45, 2.75) is 62.8 Å². The summed E-state index contributed by atoms with van der Waals surface area (Å²) in [6.45, 7) is 3.41. The first-order chi connectivity index (χ1) is 20.8. The molecule has 3 aromatic carbocycles. The van der Waals surface area contributed by atoms with Crippen LogP contribution in [0.15, 0.2) is 66.7 Å². The van der Waals surface area contributed by atoms with Gasteiger partial charge in [-0.1, -0.05) is 36.4 Å². The number of methoxy groups -OCH3 is 3. The molecule has 8 nitrogen and oxygen atoms in total. The van der Waals surface area contributed by atoms with Crippen molar-refractivity contribution in [3.8, 4) is 17.2 Å². The van der Waals surface area contributed by atoms with Crippen molar-refractivity contribution in [3.05, 3.63) is 89.0 Å². The summed E-state index contributed by atoms with van der Waals surface area (Å²) in [4.78, 5) is 29.3. The Balaban J connectivity index is 1.36. The van der Waals surface area contributed by atoms with Crippen LogP contribution in [-0.4, -0.2) is 56.3 Å². The Bertz CT molecular complexity index is 1510. The van der Waals surface area contributed by atoms with Gasteiger partial charge in [0.25, 0.3) is 0 Å². The largest absolute Gasteiger partial charge is 0.497 e. The maximum atomic E-state index is 14.0. The molecule has 6 rings (SSSR count). The van der Waals surface area contributed by atoms with E-state index in [0.717, 1.165) is 42.8 Å². The van der Waals surface area contributed by atoms with Crippen molar-refractivity contribution in [3.63, 3.8) is 0 Å². The number of amides is 1. The molecule has 8 heteroatoms.